The number of carbonyl (C=O) groups is 1. The van der Waals surface area contributed by atoms with Crippen LogP contribution < -0.4 is 20.5 Å². The molecule has 1 aromatic carbocycles. The van der Waals surface area contributed by atoms with Crippen molar-refractivity contribution in [2.45, 2.75) is 36.8 Å². The third-order valence-corrected chi connectivity index (χ3v) is 6.91. The van der Waals surface area contributed by atoms with Gasteiger partial charge in [-0.3, -0.25) is 9.36 Å². The topological polar surface area (TPSA) is 207 Å². The van der Waals surface area contributed by atoms with Gasteiger partial charge in [0.2, 0.25) is 0 Å². The number of hydrogen-bond donors (Lipinski definition) is 6. The van der Waals surface area contributed by atoms with Gasteiger partial charge in [0.05, 0.1) is 18.5 Å². The number of anilines is 2. The average molecular weight is 505 g/mol. The summed E-state index contributed by atoms with van der Waals surface area (Å²) in [5.74, 6) is -0.396. The van der Waals surface area contributed by atoms with Crippen molar-refractivity contribution in [1.29, 1.82) is 0 Å². The first-order valence-corrected chi connectivity index (χ1v) is 12.3. The molecule has 0 radical (unpaired) electrons. The molecule has 0 spiro atoms. The second kappa shape index (κ2) is 8.69. The van der Waals surface area contributed by atoms with E-state index in [1.165, 1.54) is 29.4 Å². The molecule has 14 nitrogen and oxygen atoms in total. The number of nitrogen functional groups attached to an aromatic ring is 1. The molecule has 1 saturated carbocycles. The maximum Gasteiger partial charge on any atom is 0.301 e. The van der Waals surface area contributed by atoms with Crippen LogP contribution in [-0.2, 0) is 20.7 Å². The molecular formula is C20H24N8O6S. The molecule has 15 heteroatoms. The number of fused-ring (bicyclic) bond motifs is 1. The Hall–Kier alpha value is -3.37. The number of hydrogen-bond acceptors (Lipinski definition) is 11. The summed E-state index contributed by atoms with van der Waals surface area (Å²) >= 11 is 0. The second-order valence-electron chi connectivity index (χ2n) is 8.47. The van der Waals surface area contributed by atoms with Gasteiger partial charge in [-0.1, -0.05) is 12.1 Å². The summed E-state index contributed by atoms with van der Waals surface area (Å²) in [5, 5.41) is 25.3. The Kier molecular flexibility index (Phi) is 5.80. The molecule has 0 bridgehead atoms. The standard InChI is InChI=1S/C20H24N8O6S/c21-13-4-2-1-3-12(13)19(30)27-35(32,33)25-7-14-16(29)20(31,8-34-14)28-10-24-15-17(26-11-5-6-11)22-9-23-18(15)28/h1-4,9-11,14,16,25,29,31H,5-8,21H2,(H,27,30)(H,22,23,26)/t14-,16-,20-/m1/s1. The van der Waals surface area contributed by atoms with E-state index < -0.39 is 40.6 Å². The van der Waals surface area contributed by atoms with Crippen molar-refractivity contribution in [3.8, 4) is 0 Å². The first kappa shape index (κ1) is 23.4. The monoisotopic (exact) mass is 504 g/mol. The summed E-state index contributed by atoms with van der Waals surface area (Å²) in [6, 6.07) is 6.32. The van der Waals surface area contributed by atoms with Gasteiger partial charge in [0.25, 0.3) is 5.91 Å². The molecule has 1 aliphatic heterocycles. The van der Waals surface area contributed by atoms with Crippen molar-refractivity contribution in [2.24, 2.45) is 0 Å². The molecule has 5 rings (SSSR count). The van der Waals surface area contributed by atoms with E-state index in [1.54, 1.807) is 12.1 Å². The van der Waals surface area contributed by atoms with Crippen LogP contribution in [0.5, 0.6) is 0 Å². The molecule has 0 unspecified atom stereocenters. The number of carbonyl (C=O) groups excluding carboxylic acids is 1. The SMILES string of the molecule is Nc1ccccc1C(=O)NS(=O)(=O)NC[C@H]1OC[C@](O)(n2cnc3c(NC4CC4)ncnc32)[C@@H]1O. The minimum absolute atomic E-state index is 0.00563. The molecular weight excluding hydrogens is 480 g/mol. The minimum Gasteiger partial charge on any atom is -0.398 e. The number of nitrogens with one attached hydrogen (secondary N) is 3. The average Bonchev–Trinajstić information content (AvgIpc) is 3.44. The van der Waals surface area contributed by atoms with Crippen LogP contribution in [0.1, 0.15) is 23.2 Å². The van der Waals surface area contributed by atoms with E-state index in [0.717, 1.165) is 12.8 Å². The van der Waals surface area contributed by atoms with Crippen LogP contribution in [0.4, 0.5) is 11.5 Å². The Labute approximate surface area is 199 Å². The van der Waals surface area contributed by atoms with Gasteiger partial charge >= 0.3 is 10.2 Å². The number of amides is 1. The quantitative estimate of drug-likeness (QED) is 0.198. The molecule has 3 atom stereocenters. The fraction of sp³-hybridized carbons (Fsp3) is 0.400. The highest BCUT2D eigenvalue weighted by molar-refractivity contribution is 7.88. The number of nitrogens with two attached hydrogens (primary N) is 1. The van der Waals surface area contributed by atoms with E-state index in [1.807, 2.05) is 4.72 Å². The van der Waals surface area contributed by atoms with Crippen molar-refractivity contribution in [3.05, 3.63) is 42.5 Å². The molecule has 186 valence electrons. The largest absolute Gasteiger partial charge is 0.398 e. The predicted molar refractivity (Wildman–Crippen MR) is 123 cm³/mol. The minimum atomic E-state index is -4.32. The van der Waals surface area contributed by atoms with Crippen molar-refractivity contribution in [1.82, 2.24) is 29.0 Å². The summed E-state index contributed by atoms with van der Waals surface area (Å²) in [7, 11) is -4.32. The normalized spacial score (nSPS) is 24.5. The van der Waals surface area contributed by atoms with Gasteiger partial charge in [0, 0.05) is 18.3 Å². The van der Waals surface area contributed by atoms with Crippen LogP contribution in [0.2, 0.25) is 0 Å². The molecule has 1 saturated heterocycles. The van der Waals surface area contributed by atoms with Crippen LogP contribution >= 0.6 is 0 Å². The number of para-hydroxylation sites is 1. The Balaban J connectivity index is 1.27. The fourth-order valence-corrected chi connectivity index (χ4v) is 4.65. The molecule has 2 aromatic heterocycles. The number of aliphatic hydroxyl groups is 2. The van der Waals surface area contributed by atoms with E-state index in [-0.39, 0.29) is 23.5 Å². The van der Waals surface area contributed by atoms with Crippen LogP contribution in [0.25, 0.3) is 11.2 Å². The lowest BCUT2D eigenvalue weighted by atomic mass is 10.1. The van der Waals surface area contributed by atoms with Gasteiger partial charge in [-0.2, -0.15) is 13.1 Å². The lowest BCUT2D eigenvalue weighted by Crippen LogP contribution is -2.50. The Morgan fingerprint density at radius 1 is 1.26 bits per heavy atom. The molecule has 7 N–H and O–H groups in total. The van der Waals surface area contributed by atoms with Gasteiger partial charge in [-0.25, -0.2) is 19.7 Å². The second-order valence-corrected chi connectivity index (χ2v) is 9.97. The maximum absolute atomic E-state index is 12.4. The zero-order valence-corrected chi connectivity index (χ0v) is 19.1. The molecule has 35 heavy (non-hydrogen) atoms. The summed E-state index contributed by atoms with van der Waals surface area (Å²) in [6.07, 6.45) is 2.03. The first-order chi connectivity index (χ1) is 16.7. The van der Waals surface area contributed by atoms with E-state index in [2.05, 4.69) is 25.0 Å². The highest BCUT2D eigenvalue weighted by atomic mass is 32.2. The highest BCUT2D eigenvalue weighted by Crippen LogP contribution is 2.33. The Morgan fingerprint density at radius 2 is 2.03 bits per heavy atom. The zero-order chi connectivity index (χ0) is 24.8. The number of aromatic nitrogens is 4. The van der Waals surface area contributed by atoms with Gasteiger partial charge < -0.3 is 26.0 Å². The molecule has 2 fully saturated rings. The summed E-state index contributed by atoms with van der Waals surface area (Å²) in [5.41, 5.74) is 4.56. The van der Waals surface area contributed by atoms with Crippen molar-refractivity contribution >= 4 is 38.8 Å². The molecule has 3 aromatic rings. The number of aliphatic hydroxyl groups excluding tert-OH is 1. The number of imidazole rings is 1. The third-order valence-electron chi connectivity index (χ3n) is 5.91. The van der Waals surface area contributed by atoms with Crippen molar-refractivity contribution < 1.29 is 28.2 Å². The fourth-order valence-electron chi connectivity index (χ4n) is 3.84. The summed E-state index contributed by atoms with van der Waals surface area (Å²) in [4.78, 5) is 24.9. The van der Waals surface area contributed by atoms with Crippen LogP contribution in [0.3, 0.4) is 0 Å². The van der Waals surface area contributed by atoms with Gasteiger partial charge in [0.1, 0.15) is 18.5 Å². The number of rotatable bonds is 8. The van der Waals surface area contributed by atoms with Gasteiger partial charge in [0.15, 0.2) is 22.7 Å². The van der Waals surface area contributed by atoms with E-state index >= 15 is 0 Å². The Bertz CT molecular complexity index is 1380. The smallest absolute Gasteiger partial charge is 0.301 e. The Morgan fingerprint density at radius 3 is 2.77 bits per heavy atom. The first-order valence-electron chi connectivity index (χ1n) is 10.8. The van der Waals surface area contributed by atoms with E-state index in [4.69, 9.17) is 10.5 Å². The van der Waals surface area contributed by atoms with Crippen molar-refractivity contribution in [3.63, 3.8) is 0 Å². The predicted octanol–water partition coefficient (Wildman–Crippen LogP) is -1.35. The molecule has 1 aliphatic carbocycles. The van der Waals surface area contributed by atoms with E-state index in [9.17, 15) is 23.4 Å². The van der Waals surface area contributed by atoms with Crippen molar-refractivity contribution in [2.75, 3.05) is 24.2 Å². The highest BCUT2D eigenvalue weighted by Gasteiger charge is 2.50. The summed E-state index contributed by atoms with van der Waals surface area (Å²) in [6.45, 7) is -0.777. The lowest BCUT2D eigenvalue weighted by molar-refractivity contribution is -0.107. The van der Waals surface area contributed by atoms with Crippen LogP contribution in [0.15, 0.2) is 36.9 Å². The number of benzene rings is 1. The van der Waals surface area contributed by atoms with Crippen LogP contribution in [-0.4, -0.2) is 75.5 Å². The third kappa shape index (κ3) is 4.51. The van der Waals surface area contributed by atoms with E-state index in [0.29, 0.717) is 17.4 Å². The zero-order valence-electron chi connectivity index (χ0n) is 18.3. The number of ether oxygens (including phenoxy) is 1. The molecule has 1 amide bonds. The maximum atomic E-state index is 12.4. The van der Waals surface area contributed by atoms with Crippen LogP contribution in [0, 0.1) is 0 Å². The molecule has 3 heterocycles. The summed E-state index contributed by atoms with van der Waals surface area (Å²) < 4.78 is 35.5. The lowest BCUT2D eigenvalue weighted by Gasteiger charge is -2.28. The van der Waals surface area contributed by atoms with Gasteiger partial charge in [-0.15, -0.1) is 0 Å². The van der Waals surface area contributed by atoms with Gasteiger partial charge in [-0.05, 0) is 25.0 Å². The number of nitrogens with zero attached hydrogens (tertiary/aromatic N) is 4. The molecule has 2 aliphatic rings.